The van der Waals surface area contributed by atoms with Crippen molar-refractivity contribution < 1.29 is 0 Å². The van der Waals surface area contributed by atoms with Crippen molar-refractivity contribution in [3.63, 3.8) is 0 Å². The minimum atomic E-state index is 0.420. The lowest BCUT2D eigenvalue weighted by Crippen LogP contribution is -2.40. The van der Waals surface area contributed by atoms with E-state index in [1.54, 1.807) is 0 Å². The quantitative estimate of drug-likeness (QED) is 0.604. The molecule has 0 aromatic carbocycles. The molecule has 3 nitrogen and oxygen atoms in total. The number of hydrogen-bond donors (Lipinski definition) is 2. The average molecular weight is 187 g/mol. The van der Waals surface area contributed by atoms with Crippen LogP contribution in [0.4, 0.5) is 0 Å². The zero-order valence-electron chi connectivity index (χ0n) is 7.55. The number of nitrogens with zero attached hydrogens (tertiary/aromatic N) is 1. The highest BCUT2D eigenvalue weighted by Gasteiger charge is 2.16. The van der Waals surface area contributed by atoms with Crippen LogP contribution in [0, 0.1) is 5.92 Å². The van der Waals surface area contributed by atoms with Gasteiger partial charge in [-0.15, -0.1) is 0 Å². The van der Waals surface area contributed by atoms with Crippen LogP contribution in [0.15, 0.2) is 0 Å². The van der Waals surface area contributed by atoms with E-state index in [2.05, 4.69) is 17.3 Å². The molecule has 1 unspecified atom stereocenters. The van der Waals surface area contributed by atoms with Gasteiger partial charge in [-0.25, -0.2) is 0 Å². The monoisotopic (exact) mass is 187 g/mol. The minimum Gasteiger partial charge on any atom is -0.376 e. The van der Waals surface area contributed by atoms with Crippen LogP contribution in [-0.4, -0.2) is 36.7 Å². The van der Waals surface area contributed by atoms with Gasteiger partial charge in [0, 0.05) is 13.1 Å². The molecule has 1 aliphatic heterocycles. The highest BCUT2D eigenvalue weighted by atomic mass is 32.1. The smallest absolute Gasteiger partial charge is 0.163 e. The van der Waals surface area contributed by atoms with Crippen molar-refractivity contribution in [3.05, 3.63) is 0 Å². The van der Waals surface area contributed by atoms with Crippen molar-refractivity contribution in [1.29, 1.82) is 0 Å². The van der Waals surface area contributed by atoms with Crippen molar-refractivity contribution >= 4 is 17.3 Å². The first-order valence-corrected chi connectivity index (χ1v) is 4.81. The van der Waals surface area contributed by atoms with Gasteiger partial charge in [-0.05, 0) is 44.6 Å². The number of hydrogen-bond acceptors (Lipinski definition) is 2. The predicted molar refractivity (Wildman–Crippen MR) is 55.0 cm³/mol. The van der Waals surface area contributed by atoms with Crippen molar-refractivity contribution in [2.24, 2.45) is 11.7 Å². The zero-order chi connectivity index (χ0) is 8.97. The number of nitrogens with two attached hydrogens (primary N) is 1. The van der Waals surface area contributed by atoms with Crippen LogP contribution in [0.3, 0.4) is 0 Å². The fourth-order valence-electron chi connectivity index (χ4n) is 1.68. The first-order valence-electron chi connectivity index (χ1n) is 4.40. The molecule has 70 valence electrons. The van der Waals surface area contributed by atoms with E-state index in [0.29, 0.717) is 11.0 Å². The summed E-state index contributed by atoms with van der Waals surface area (Å²) >= 11 is 4.75. The number of piperidine rings is 1. The number of thiocarbonyl (C=S) groups is 1. The summed E-state index contributed by atoms with van der Waals surface area (Å²) in [7, 11) is 2.16. The van der Waals surface area contributed by atoms with E-state index < -0.39 is 0 Å². The Hall–Kier alpha value is -0.350. The average Bonchev–Trinajstić information content (AvgIpc) is 2.01. The van der Waals surface area contributed by atoms with Gasteiger partial charge in [-0.3, -0.25) is 0 Å². The van der Waals surface area contributed by atoms with Gasteiger partial charge in [0.1, 0.15) is 0 Å². The van der Waals surface area contributed by atoms with Crippen LogP contribution < -0.4 is 11.1 Å². The molecular formula is C8H17N3S. The zero-order valence-corrected chi connectivity index (χ0v) is 8.36. The Morgan fingerprint density at radius 3 is 3.08 bits per heavy atom. The SMILES string of the molecule is CN1CCCC(CNC(N)=S)C1. The Labute approximate surface area is 79.3 Å². The van der Waals surface area contributed by atoms with Gasteiger partial charge in [-0.2, -0.15) is 0 Å². The van der Waals surface area contributed by atoms with Gasteiger partial charge in [0.2, 0.25) is 0 Å². The van der Waals surface area contributed by atoms with E-state index in [1.165, 1.54) is 19.4 Å². The number of likely N-dealkylation sites (tertiary alicyclic amines) is 1. The molecule has 0 amide bonds. The molecule has 1 heterocycles. The molecule has 0 saturated carbocycles. The molecule has 1 saturated heterocycles. The molecule has 1 atom stereocenters. The molecular weight excluding hydrogens is 170 g/mol. The van der Waals surface area contributed by atoms with E-state index >= 15 is 0 Å². The highest BCUT2D eigenvalue weighted by Crippen LogP contribution is 2.13. The lowest BCUT2D eigenvalue weighted by molar-refractivity contribution is 0.211. The normalized spacial score (nSPS) is 25.2. The Morgan fingerprint density at radius 2 is 2.50 bits per heavy atom. The van der Waals surface area contributed by atoms with Gasteiger partial charge < -0.3 is 16.0 Å². The van der Waals surface area contributed by atoms with Crippen LogP contribution in [0.2, 0.25) is 0 Å². The molecule has 1 rings (SSSR count). The molecule has 0 aromatic rings. The van der Waals surface area contributed by atoms with Crippen molar-refractivity contribution in [2.75, 3.05) is 26.7 Å². The third-order valence-corrected chi connectivity index (χ3v) is 2.43. The van der Waals surface area contributed by atoms with Crippen LogP contribution in [0.5, 0.6) is 0 Å². The third-order valence-electron chi connectivity index (χ3n) is 2.29. The first-order chi connectivity index (χ1) is 5.68. The summed E-state index contributed by atoms with van der Waals surface area (Å²) in [6, 6.07) is 0. The van der Waals surface area contributed by atoms with Crippen LogP contribution in [0.1, 0.15) is 12.8 Å². The summed E-state index contributed by atoms with van der Waals surface area (Å²) in [5, 5.41) is 3.44. The molecule has 0 radical (unpaired) electrons. The molecule has 1 aliphatic rings. The Morgan fingerprint density at radius 1 is 1.75 bits per heavy atom. The second-order valence-corrected chi connectivity index (χ2v) is 3.96. The predicted octanol–water partition coefficient (Wildman–Crippen LogP) is 0.161. The topological polar surface area (TPSA) is 41.3 Å². The summed E-state index contributed by atoms with van der Waals surface area (Å²) in [5.41, 5.74) is 5.35. The fraction of sp³-hybridized carbons (Fsp3) is 0.875. The Kier molecular flexibility index (Phi) is 3.75. The van der Waals surface area contributed by atoms with Gasteiger partial charge >= 0.3 is 0 Å². The minimum absolute atomic E-state index is 0.420. The Balaban J connectivity index is 2.18. The maximum atomic E-state index is 5.35. The first kappa shape index (κ1) is 9.74. The lowest BCUT2D eigenvalue weighted by atomic mass is 9.99. The molecule has 3 N–H and O–H groups in total. The number of nitrogens with one attached hydrogen (secondary N) is 1. The van der Waals surface area contributed by atoms with Gasteiger partial charge in [-0.1, -0.05) is 0 Å². The van der Waals surface area contributed by atoms with Crippen LogP contribution in [-0.2, 0) is 0 Å². The standard InChI is InChI=1S/C8H17N3S/c1-11-4-2-3-7(6-11)5-10-8(9)12/h7H,2-6H2,1H3,(H3,9,10,12). The maximum Gasteiger partial charge on any atom is 0.163 e. The van der Waals surface area contributed by atoms with E-state index in [4.69, 9.17) is 18.0 Å². The Bertz CT molecular complexity index is 160. The molecule has 0 bridgehead atoms. The maximum absolute atomic E-state index is 5.35. The number of rotatable bonds is 2. The van der Waals surface area contributed by atoms with E-state index in [1.807, 2.05) is 0 Å². The summed E-state index contributed by atoms with van der Waals surface area (Å²) in [5.74, 6) is 0.713. The van der Waals surface area contributed by atoms with Crippen LogP contribution >= 0.6 is 12.2 Å². The molecule has 12 heavy (non-hydrogen) atoms. The molecule has 0 spiro atoms. The van der Waals surface area contributed by atoms with Gasteiger partial charge in [0.15, 0.2) is 5.11 Å². The van der Waals surface area contributed by atoms with Crippen molar-refractivity contribution in [3.8, 4) is 0 Å². The fourth-order valence-corrected chi connectivity index (χ4v) is 1.77. The molecule has 1 fully saturated rings. The van der Waals surface area contributed by atoms with E-state index in [0.717, 1.165) is 13.1 Å². The van der Waals surface area contributed by atoms with Gasteiger partial charge in [0.05, 0.1) is 0 Å². The molecule has 4 heteroatoms. The summed E-state index contributed by atoms with van der Waals surface area (Å²) in [4.78, 5) is 2.36. The summed E-state index contributed by atoms with van der Waals surface area (Å²) in [6.45, 7) is 3.32. The lowest BCUT2D eigenvalue weighted by Gasteiger charge is -2.29. The molecule has 0 aromatic heterocycles. The van der Waals surface area contributed by atoms with E-state index in [9.17, 15) is 0 Å². The summed E-state index contributed by atoms with van der Waals surface area (Å²) in [6.07, 6.45) is 2.58. The van der Waals surface area contributed by atoms with Crippen molar-refractivity contribution in [1.82, 2.24) is 10.2 Å². The largest absolute Gasteiger partial charge is 0.376 e. The van der Waals surface area contributed by atoms with Crippen molar-refractivity contribution in [2.45, 2.75) is 12.8 Å². The van der Waals surface area contributed by atoms with Gasteiger partial charge in [0.25, 0.3) is 0 Å². The second-order valence-electron chi connectivity index (χ2n) is 3.52. The highest BCUT2D eigenvalue weighted by molar-refractivity contribution is 7.80. The van der Waals surface area contributed by atoms with E-state index in [-0.39, 0.29) is 0 Å². The van der Waals surface area contributed by atoms with Crippen LogP contribution in [0.25, 0.3) is 0 Å². The summed E-state index contributed by atoms with van der Waals surface area (Å²) < 4.78 is 0. The second kappa shape index (κ2) is 4.62. The third kappa shape index (κ3) is 3.36. The molecule has 0 aliphatic carbocycles.